The molecule has 1 atom stereocenters. The van der Waals surface area contributed by atoms with Gasteiger partial charge in [-0.25, -0.2) is 0 Å². The van der Waals surface area contributed by atoms with E-state index in [1.807, 2.05) is 6.92 Å². The zero-order valence-corrected chi connectivity index (χ0v) is 9.71. The molecule has 2 heteroatoms. The molecule has 84 valence electrons. The van der Waals surface area contributed by atoms with Crippen LogP contribution in [-0.2, 0) is 0 Å². The van der Waals surface area contributed by atoms with E-state index in [0.717, 1.165) is 12.3 Å². The van der Waals surface area contributed by atoms with Crippen LogP contribution < -0.4 is 0 Å². The highest BCUT2D eigenvalue weighted by atomic mass is 16.3. The Hall–Kier alpha value is -0.0800. The van der Waals surface area contributed by atoms with Gasteiger partial charge in [-0.1, -0.05) is 6.92 Å². The Bertz CT molecular complexity index is 139. The normalized spacial score (nSPS) is 22.5. The van der Waals surface area contributed by atoms with E-state index in [-0.39, 0.29) is 6.10 Å². The smallest absolute Gasteiger partial charge is 0.0512 e. The molecule has 0 bridgehead atoms. The van der Waals surface area contributed by atoms with Crippen molar-refractivity contribution in [2.75, 3.05) is 19.6 Å². The zero-order chi connectivity index (χ0) is 10.4. The molecule has 2 nitrogen and oxygen atoms in total. The van der Waals surface area contributed by atoms with Gasteiger partial charge >= 0.3 is 0 Å². The van der Waals surface area contributed by atoms with Crippen molar-refractivity contribution in [2.24, 2.45) is 5.92 Å². The van der Waals surface area contributed by atoms with Gasteiger partial charge < -0.3 is 10.0 Å². The second kappa shape index (κ2) is 6.41. The van der Waals surface area contributed by atoms with E-state index in [4.69, 9.17) is 5.11 Å². The van der Waals surface area contributed by atoms with Gasteiger partial charge in [0.25, 0.3) is 0 Å². The molecule has 1 aliphatic heterocycles. The molecule has 1 heterocycles. The van der Waals surface area contributed by atoms with Crippen LogP contribution in [-0.4, -0.2) is 35.7 Å². The first-order chi connectivity index (χ1) is 6.68. The number of aliphatic hydroxyl groups is 1. The minimum atomic E-state index is -0.114. The largest absolute Gasteiger partial charge is 0.393 e. The molecule has 1 aliphatic rings. The molecule has 1 fully saturated rings. The Balaban J connectivity index is 1.96. The number of hydrogen-bond donors (Lipinski definition) is 1. The van der Waals surface area contributed by atoms with Gasteiger partial charge in [-0.05, 0) is 64.6 Å². The molecule has 0 aromatic heterocycles. The number of unbranched alkanes of at least 4 members (excludes halogenated alkanes) is 1. The predicted molar refractivity (Wildman–Crippen MR) is 60.4 cm³/mol. The molecule has 14 heavy (non-hydrogen) atoms. The maximum Gasteiger partial charge on any atom is 0.0512 e. The summed E-state index contributed by atoms with van der Waals surface area (Å²) in [4.78, 5) is 2.57. The molecular formula is C12H25NO. The first-order valence-electron chi connectivity index (χ1n) is 6.09. The molecule has 1 N–H and O–H groups in total. The van der Waals surface area contributed by atoms with Crippen molar-refractivity contribution in [3.05, 3.63) is 0 Å². The minimum Gasteiger partial charge on any atom is -0.393 e. The lowest BCUT2D eigenvalue weighted by Gasteiger charge is -2.30. The van der Waals surface area contributed by atoms with Crippen molar-refractivity contribution < 1.29 is 5.11 Å². The fraction of sp³-hybridized carbons (Fsp3) is 1.00. The first-order valence-corrected chi connectivity index (χ1v) is 6.09. The topological polar surface area (TPSA) is 23.5 Å². The van der Waals surface area contributed by atoms with Crippen molar-refractivity contribution in [1.29, 1.82) is 0 Å². The lowest BCUT2D eigenvalue weighted by Crippen LogP contribution is -2.33. The fourth-order valence-electron chi connectivity index (χ4n) is 2.06. The Morgan fingerprint density at radius 3 is 2.50 bits per heavy atom. The molecule has 1 unspecified atom stereocenters. The molecular weight excluding hydrogens is 174 g/mol. The SMILES string of the molecule is CC(O)CCCCN1CCC(C)CC1. The fourth-order valence-corrected chi connectivity index (χ4v) is 2.06. The van der Waals surface area contributed by atoms with Crippen LogP contribution in [0, 0.1) is 5.92 Å². The van der Waals surface area contributed by atoms with Crippen LogP contribution in [0.25, 0.3) is 0 Å². The van der Waals surface area contributed by atoms with Crippen LogP contribution in [0.15, 0.2) is 0 Å². The van der Waals surface area contributed by atoms with Crippen LogP contribution in [0.5, 0.6) is 0 Å². The summed E-state index contributed by atoms with van der Waals surface area (Å²) in [6.07, 6.45) is 6.01. The summed E-state index contributed by atoms with van der Waals surface area (Å²) in [7, 11) is 0. The summed E-state index contributed by atoms with van der Waals surface area (Å²) in [6.45, 7) is 8.04. The molecule has 1 rings (SSSR count). The molecule has 0 amide bonds. The summed E-state index contributed by atoms with van der Waals surface area (Å²) >= 11 is 0. The summed E-state index contributed by atoms with van der Waals surface area (Å²) in [5, 5.41) is 9.11. The molecule has 0 aromatic carbocycles. The Morgan fingerprint density at radius 1 is 1.29 bits per heavy atom. The van der Waals surface area contributed by atoms with Gasteiger partial charge in [0.05, 0.1) is 6.10 Å². The molecule has 0 aromatic rings. The Labute approximate surface area is 88.3 Å². The summed E-state index contributed by atoms with van der Waals surface area (Å²) in [5.74, 6) is 0.934. The standard InChI is InChI=1S/C12H25NO/c1-11-6-9-13(10-7-11)8-4-3-5-12(2)14/h11-12,14H,3-10H2,1-2H3. The van der Waals surface area contributed by atoms with E-state index in [2.05, 4.69) is 11.8 Å². The third-order valence-corrected chi connectivity index (χ3v) is 3.22. The highest BCUT2D eigenvalue weighted by Crippen LogP contribution is 2.16. The van der Waals surface area contributed by atoms with Gasteiger partial charge in [-0.2, -0.15) is 0 Å². The number of aliphatic hydroxyl groups excluding tert-OH is 1. The molecule has 1 saturated heterocycles. The quantitative estimate of drug-likeness (QED) is 0.687. The number of piperidine rings is 1. The summed E-state index contributed by atoms with van der Waals surface area (Å²) in [6, 6.07) is 0. The molecule has 0 saturated carbocycles. The van der Waals surface area contributed by atoms with Crippen molar-refractivity contribution in [2.45, 2.75) is 52.1 Å². The van der Waals surface area contributed by atoms with Gasteiger partial charge in [-0.3, -0.25) is 0 Å². The van der Waals surface area contributed by atoms with Gasteiger partial charge in [0.2, 0.25) is 0 Å². The second-order valence-electron chi connectivity index (χ2n) is 4.87. The van der Waals surface area contributed by atoms with E-state index in [1.54, 1.807) is 0 Å². The number of nitrogens with zero attached hydrogens (tertiary/aromatic N) is 1. The van der Waals surface area contributed by atoms with E-state index in [9.17, 15) is 0 Å². The molecule has 0 spiro atoms. The average molecular weight is 199 g/mol. The molecule has 0 aliphatic carbocycles. The van der Waals surface area contributed by atoms with Gasteiger partial charge in [-0.15, -0.1) is 0 Å². The monoisotopic (exact) mass is 199 g/mol. The third kappa shape index (κ3) is 4.97. The third-order valence-electron chi connectivity index (χ3n) is 3.22. The second-order valence-corrected chi connectivity index (χ2v) is 4.87. The average Bonchev–Trinajstić information content (AvgIpc) is 2.15. The number of hydrogen-bond acceptors (Lipinski definition) is 2. The van der Waals surface area contributed by atoms with Crippen molar-refractivity contribution in [3.63, 3.8) is 0 Å². The van der Waals surface area contributed by atoms with E-state index < -0.39 is 0 Å². The number of likely N-dealkylation sites (tertiary alicyclic amines) is 1. The predicted octanol–water partition coefficient (Wildman–Crippen LogP) is 2.27. The maximum atomic E-state index is 9.11. The van der Waals surface area contributed by atoms with Gasteiger partial charge in [0.15, 0.2) is 0 Å². The lowest BCUT2D eigenvalue weighted by molar-refractivity contribution is 0.167. The highest BCUT2D eigenvalue weighted by Gasteiger charge is 2.14. The molecule has 0 radical (unpaired) electrons. The summed E-state index contributed by atoms with van der Waals surface area (Å²) in [5.41, 5.74) is 0. The van der Waals surface area contributed by atoms with Crippen LogP contribution >= 0.6 is 0 Å². The van der Waals surface area contributed by atoms with Crippen LogP contribution in [0.4, 0.5) is 0 Å². The highest BCUT2D eigenvalue weighted by molar-refractivity contribution is 4.69. The first kappa shape index (κ1) is 12.0. The summed E-state index contributed by atoms with van der Waals surface area (Å²) < 4.78 is 0. The lowest BCUT2D eigenvalue weighted by atomic mass is 9.99. The van der Waals surface area contributed by atoms with E-state index in [0.29, 0.717) is 0 Å². The van der Waals surface area contributed by atoms with Crippen LogP contribution in [0.3, 0.4) is 0 Å². The van der Waals surface area contributed by atoms with Crippen molar-refractivity contribution in [3.8, 4) is 0 Å². The van der Waals surface area contributed by atoms with Crippen LogP contribution in [0.1, 0.15) is 46.0 Å². The Morgan fingerprint density at radius 2 is 1.93 bits per heavy atom. The van der Waals surface area contributed by atoms with Gasteiger partial charge in [0.1, 0.15) is 0 Å². The number of rotatable bonds is 5. The van der Waals surface area contributed by atoms with Crippen molar-refractivity contribution >= 4 is 0 Å². The van der Waals surface area contributed by atoms with E-state index in [1.165, 1.54) is 45.3 Å². The minimum absolute atomic E-state index is 0.114. The zero-order valence-electron chi connectivity index (χ0n) is 9.71. The Kier molecular flexibility index (Phi) is 5.49. The van der Waals surface area contributed by atoms with Crippen molar-refractivity contribution in [1.82, 2.24) is 4.90 Å². The van der Waals surface area contributed by atoms with E-state index >= 15 is 0 Å². The van der Waals surface area contributed by atoms with Crippen LogP contribution in [0.2, 0.25) is 0 Å². The maximum absolute atomic E-state index is 9.11. The van der Waals surface area contributed by atoms with Gasteiger partial charge in [0, 0.05) is 0 Å².